The van der Waals surface area contributed by atoms with E-state index in [4.69, 9.17) is 16.1 Å². The van der Waals surface area contributed by atoms with Gasteiger partial charge in [-0.1, -0.05) is 35.8 Å². The minimum absolute atomic E-state index is 0. The molecule has 3 aromatic rings. The van der Waals surface area contributed by atoms with E-state index in [-0.39, 0.29) is 24.0 Å². The number of hydrogen-bond donors (Lipinski definition) is 1. The van der Waals surface area contributed by atoms with E-state index in [9.17, 15) is 0 Å². The zero-order valence-corrected chi connectivity index (χ0v) is 20.0. The van der Waals surface area contributed by atoms with E-state index in [0.717, 1.165) is 31.0 Å². The number of rotatable bonds is 4. The van der Waals surface area contributed by atoms with Crippen molar-refractivity contribution < 1.29 is 4.52 Å². The first-order valence-electron chi connectivity index (χ1n) is 9.65. The topological polar surface area (TPSA) is 84.4 Å². The highest BCUT2D eigenvalue weighted by Crippen LogP contribution is 2.27. The molecule has 2 atom stereocenters. The summed E-state index contributed by atoms with van der Waals surface area (Å²) in [7, 11) is 1.79. The van der Waals surface area contributed by atoms with Crippen LogP contribution in [0.4, 0.5) is 0 Å². The molecule has 2 aromatic heterocycles. The third-order valence-corrected chi connectivity index (χ3v) is 5.52. The van der Waals surface area contributed by atoms with Crippen LogP contribution in [0.25, 0.3) is 11.4 Å². The molecule has 2 unspecified atom stereocenters. The summed E-state index contributed by atoms with van der Waals surface area (Å²) in [6.45, 7) is 4.51. The average Bonchev–Trinajstić information content (AvgIpc) is 3.42. The van der Waals surface area contributed by atoms with Crippen molar-refractivity contribution in [3.8, 4) is 11.4 Å². The van der Waals surface area contributed by atoms with E-state index < -0.39 is 0 Å². The third kappa shape index (κ3) is 5.12. The van der Waals surface area contributed by atoms with Gasteiger partial charge in [-0.2, -0.15) is 4.98 Å². The van der Waals surface area contributed by atoms with E-state index in [1.165, 1.54) is 0 Å². The van der Waals surface area contributed by atoms with Crippen LogP contribution in [0.15, 0.2) is 52.5 Å². The summed E-state index contributed by atoms with van der Waals surface area (Å²) in [6, 6.07) is 7.75. The Morgan fingerprint density at radius 1 is 1.40 bits per heavy atom. The number of hydrogen-bond acceptors (Lipinski definition) is 5. The molecular formula is C20H25ClIN7O. The van der Waals surface area contributed by atoms with Gasteiger partial charge in [0.2, 0.25) is 11.7 Å². The summed E-state index contributed by atoms with van der Waals surface area (Å²) in [4.78, 5) is 15.4. The van der Waals surface area contributed by atoms with Crippen LogP contribution in [0.1, 0.15) is 25.3 Å². The highest BCUT2D eigenvalue weighted by molar-refractivity contribution is 14.0. The number of nitrogens with one attached hydrogen (secondary N) is 1. The highest BCUT2D eigenvalue weighted by atomic mass is 127. The maximum atomic E-state index is 6.04. The summed E-state index contributed by atoms with van der Waals surface area (Å²) in [5.74, 6) is 2.42. The van der Waals surface area contributed by atoms with Crippen molar-refractivity contribution in [2.24, 2.45) is 10.9 Å². The molecule has 0 bridgehead atoms. The monoisotopic (exact) mass is 541 g/mol. The second kappa shape index (κ2) is 10.3. The molecule has 0 amide bonds. The molecule has 30 heavy (non-hydrogen) atoms. The zero-order chi connectivity index (χ0) is 20.2. The van der Waals surface area contributed by atoms with Gasteiger partial charge in [-0.3, -0.25) is 4.99 Å². The van der Waals surface area contributed by atoms with Gasteiger partial charge in [0.05, 0.1) is 18.9 Å². The fourth-order valence-electron chi connectivity index (χ4n) is 3.65. The molecule has 3 heterocycles. The van der Waals surface area contributed by atoms with Crippen molar-refractivity contribution in [1.82, 2.24) is 29.9 Å². The maximum absolute atomic E-state index is 6.04. The Morgan fingerprint density at radius 2 is 2.27 bits per heavy atom. The smallest absolute Gasteiger partial charge is 0.246 e. The standard InChI is InChI=1S/C20H24ClN7O.HI/c1-14-6-8-27(12-17(14)28-9-7-23-13-28)20(22-2)24-11-18-25-19(26-29-18)15-4-3-5-16(21)10-15;/h3-5,7,9-10,13-14,17H,6,8,11-12H2,1-2H3,(H,22,24);1H. The number of benzene rings is 1. The van der Waals surface area contributed by atoms with Crippen molar-refractivity contribution in [3.05, 3.63) is 53.9 Å². The van der Waals surface area contributed by atoms with Crippen LogP contribution in [-0.2, 0) is 6.54 Å². The van der Waals surface area contributed by atoms with Crippen molar-refractivity contribution in [2.75, 3.05) is 20.1 Å². The molecule has 1 N–H and O–H groups in total. The van der Waals surface area contributed by atoms with Crippen molar-refractivity contribution in [2.45, 2.75) is 25.9 Å². The second-order valence-corrected chi connectivity index (χ2v) is 7.65. The first-order valence-corrected chi connectivity index (χ1v) is 10.0. The van der Waals surface area contributed by atoms with Gasteiger partial charge >= 0.3 is 0 Å². The molecule has 160 valence electrons. The van der Waals surface area contributed by atoms with Crippen LogP contribution in [0.3, 0.4) is 0 Å². The van der Waals surface area contributed by atoms with Gasteiger partial charge in [-0.15, -0.1) is 24.0 Å². The van der Waals surface area contributed by atoms with E-state index in [1.54, 1.807) is 7.05 Å². The number of aliphatic imine (C=N–C) groups is 1. The Bertz CT molecular complexity index is 975. The van der Waals surface area contributed by atoms with Crippen LogP contribution in [0, 0.1) is 5.92 Å². The maximum Gasteiger partial charge on any atom is 0.246 e. The SMILES string of the molecule is CN=C(NCc1nc(-c2cccc(Cl)c2)no1)N1CCC(C)C(n2ccnc2)C1.I. The minimum atomic E-state index is 0. The molecule has 1 aliphatic heterocycles. The van der Waals surface area contributed by atoms with Crippen LogP contribution in [0.5, 0.6) is 0 Å². The Hall–Kier alpha value is -2.14. The number of piperidine rings is 1. The van der Waals surface area contributed by atoms with Crippen molar-refractivity contribution in [1.29, 1.82) is 0 Å². The van der Waals surface area contributed by atoms with E-state index in [0.29, 0.717) is 35.2 Å². The lowest BCUT2D eigenvalue weighted by atomic mass is 9.93. The highest BCUT2D eigenvalue weighted by Gasteiger charge is 2.29. The van der Waals surface area contributed by atoms with Gasteiger partial charge in [0.25, 0.3) is 0 Å². The summed E-state index contributed by atoms with van der Waals surface area (Å²) in [5.41, 5.74) is 0.824. The molecule has 1 aliphatic rings. The average molecular weight is 542 g/mol. The van der Waals surface area contributed by atoms with Crippen LogP contribution < -0.4 is 5.32 Å². The minimum Gasteiger partial charge on any atom is -0.347 e. The first-order chi connectivity index (χ1) is 14.1. The molecule has 0 spiro atoms. The predicted molar refractivity (Wildman–Crippen MR) is 127 cm³/mol. The molecule has 8 nitrogen and oxygen atoms in total. The fraction of sp³-hybridized carbons (Fsp3) is 0.400. The molecule has 0 aliphatic carbocycles. The first kappa shape index (κ1) is 22.5. The lowest BCUT2D eigenvalue weighted by Gasteiger charge is -2.39. The largest absolute Gasteiger partial charge is 0.347 e. The summed E-state index contributed by atoms with van der Waals surface area (Å²) in [6.07, 6.45) is 6.82. The normalized spacial score (nSPS) is 19.4. The Balaban J connectivity index is 0.00000256. The zero-order valence-electron chi connectivity index (χ0n) is 16.9. The Kier molecular flexibility index (Phi) is 7.70. The number of aromatic nitrogens is 4. The van der Waals surface area contributed by atoms with Crippen molar-refractivity contribution in [3.63, 3.8) is 0 Å². The third-order valence-electron chi connectivity index (χ3n) is 5.29. The van der Waals surface area contributed by atoms with Crippen LogP contribution in [0.2, 0.25) is 5.02 Å². The molecule has 0 radical (unpaired) electrons. The molecule has 1 saturated heterocycles. The van der Waals surface area contributed by atoms with Gasteiger partial charge in [0, 0.05) is 43.1 Å². The van der Waals surface area contributed by atoms with E-state index in [2.05, 4.69) is 41.8 Å². The molecule has 10 heteroatoms. The Morgan fingerprint density at radius 3 is 3.00 bits per heavy atom. The molecule has 0 saturated carbocycles. The van der Waals surface area contributed by atoms with Gasteiger partial charge in [0.15, 0.2) is 5.96 Å². The van der Waals surface area contributed by atoms with Gasteiger partial charge in [-0.05, 0) is 24.5 Å². The number of imidazole rings is 1. The van der Waals surface area contributed by atoms with E-state index in [1.807, 2.05) is 43.0 Å². The van der Waals surface area contributed by atoms with Crippen molar-refractivity contribution >= 4 is 41.5 Å². The summed E-state index contributed by atoms with van der Waals surface area (Å²) >= 11 is 6.04. The summed E-state index contributed by atoms with van der Waals surface area (Å²) < 4.78 is 7.57. The van der Waals surface area contributed by atoms with Gasteiger partial charge in [0.1, 0.15) is 0 Å². The van der Waals surface area contributed by atoms with E-state index >= 15 is 0 Å². The summed E-state index contributed by atoms with van der Waals surface area (Å²) in [5, 5.41) is 8.03. The predicted octanol–water partition coefficient (Wildman–Crippen LogP) is 3.86. The molecule has 1 aromatic carbocycles. The van der Waals surface area contributed by atoms with Crippen LogP contribution in [-0.4, -0.2) is 50.7 Å². The molecule has 4 rings (SSSR count). The lowest BCUT2D eigenvalue weighted by molar-refractivity contribution is 0.188. The molecule has 1 fully saturated rings. The number of guanidine groups is 1. The Labute approximate surface area is 197 Å². The lowest BCUT2D eigenvalue weighted by Crippen LogP contribution is -2.48. The van der Waals surface area contributed by atoms with Gasteiger partial charge < -0.3 is 19.3 Å². The van der Waals surface area contributed by atoms with Crippen LogP contribution >= 0.6 is 35.6 Å². The fourth-order valence-corrected chi connectivity index (χ4v) is 3.84. The molecular weight excluding hydrogens is 517 g/mol. The quantitative estimate of drug-likeness (QED) is 0.307. The number of nitrogens with zero attached hydrogens (tertiary/aromatic N) is 6. The number of likely N-dealkylation sites (tertiary alicyclic amines) is 1. The van der Waals surface area contributed by atoms with Gasteiger partial charge in [-0.25, -0.2) is 4.98 Å². The number of halogens is 2. The second-order valence-electron chi connectivity index (χ2n) is 7.21.